The van der Waals surface area contributed by atoms with Crippen molar-refractivity contribution in [2.75, 3.05) is 18.2 Å². The average Bonchev–Trinajstić information content (AvgIpc) is 3.44. The van der Waals surface area contributed by atoms with Crippen LogP contribution in [0.5, 0.6) is 5.75 Å². The number of anilines is 2. The Morgan fingerprint density at radius 3 is 2.34 bits per heavy atom. The van der Waals surface area contributed by atoms with Crippen LogP contribution in [0.15, 0.2) is 59.1 Å². The number of nitrogen functional groups attached to an aromatic ring is 1. The third-order valence-corrected chi connectivity index (χ3v) is 5.43. The smallest absolute Gasteiger partial charge is 0.254 e. The molecule has 0 spiro atoms. The summed E-state index contributed by atoms with van der Waals surface area (Å²) in [6, 6.07) is 16.1. The molecular formula is C25H26N6O4. The lowest BCUT2D eigenvalue weighted by molar-refractivity contribution is -0.115. The number of methoxy groups -OCH3 is 1. The zero-order valence-corrected chi connectivity index (χ0v) is 19.6. The zero-order chi connectivity index (χ0) is 25.1. The Bertz CT molecular complexity index is 1350. The molecule has 0 aliphatic heterocycles. The second kappa shape index (κ2) is 9.72. The van der Waals surface area contributed by atoms with Crippen molar-refractivity contribution in [2.24, 2.45) is 5.73 Å². The molecule has 0 aliphatic rings. The van der Waals surface area contributed by atoms with Gasteiger partial charge >= 0.3 is 0 Å². The van der Waals surface area contributed by atoms with Gasteiger partial charge in [0.2, 0.25) is 11.8 Å². The number of ether oxygens (including phenoxy) is 1. The maximum Gasteiger partial charge on any atom is 0.254 e. The summed E-state index contributed by atoms with van der Waals surface area (Å²) in [7, 11) is 1.60. The van der Waals surface area contributed by atoms with Crippen LogP contribution in [0.1, 0.15) is 35.8 Å². The number of nitrogens with two attached hydrogens (primary N) is 2. The molecule has 10 heteroatoms. The van der Waals surface area contributed by atoms with E-state index in [1.165, 1.54) is 0 Å². The number of benzene rings is 2. The number of carbonyl (C=O) groups excluding carboxylic acids is 2. The molecule has 0 bridgehead atoms. The number of aromatic nitrogens is 3. The van der Waals surface area contributed by atoms with Gasteiger partial charge in [-0.25, -0.2) is 4.68 Å². The first kappa shape index (κ1) is 23.6. The summed E-state index contributed by atoms with van der Waals surface area (Å²) in [6.07, 6.45) is 0.115. The lowest BCUT2D eigenvalue weighted by Crippen LogP contribution is -2.15. The molecule has 0 radical (unpaired) electrons. The van der Waals surface area contributed by atoms with Crippen LogP contribution in [0.25, 0.3) is 22.5 Å². The molecule has 35 heavy (non-hydrogen) atoms. The Morgan fingerprint density at radius 2 is 1.74 bits per heavy atom. The lowest BCUT2D eigenvalue weighted by Gasteiger charge is -2.07. The summed E-state index contributed by atoms with van der Waals surface area (Å²) < 4.78 is 12.0. The molecule has 0 saturated carbocycles. The molecule has 2 aromatic heterocycles. The van der Waals surface area contributed by atoms with Crippen molar-refractivity contribution in [3.05, 3.63) is 65.7 Å². The van der Waals surface area contributed by atoms with Crippen LogP contribution in [-0.4, -0.2) is 33.9 Å². The molecule has 0 unspecified atom stereocenters. The summed E-state index contributed by atoms with van der Waals surface area (Å²) in [5.74, 6) is 0.305. The van der Waals surface area contributed by atoms with Gasteiger partial charge in [-0.05, 0) is 43.7 Å². The summed E-state index contributed by atoms with van der Waals surface area (Å²) in [6.45, 7) is 3.82. The number of amides is 2. The molecule has 0 fully saturated rings. The first-order valence-electron chi connectivity index (χ1n) is 10.9. The van der Waals surface area contributed by atoms with Gasteiger partial charge < -0.3 is 20.7 Å². The normalized spacial score (nSPS) is 11.0. The number of primary amides is 1. The minimum atomic E-state index is -0.645. The summed E-state index contributed by atoms with van der Waals surface area (Å²) in [5, 5.41) is 11.2. The highest BCUT2D eigenvalue weighted by Gasteiger charge is 2.22. The highest BCUT2D eigenvalue weighted by molar-refractivity contribution is 6.03. The Morgan fingerprint density at radius 1 is 1.09 bits per heavy atom. The SMILES string of the molecule is COc1ccc(-c2cc(NC(=O)Cc3ccc(-c4nn(C(C)C)c(N)c4C(N)=O)cc3)on2)cc1. The topological polar surface area (TPSA) is 151 Å². The van der Waals surface area contributed by atoms with Gasteiger partial charge in [0, 0.05) is 23.2 Å². The van der Waals surface area contributed by atoms with Gasteiger partial charge in [-0.1, -0.05) is 29.4 Å². The van der Waals surface area contributed by atoms with Crippen molar-refractivity contribution in [1.29, 1.82) is 0 Å². The van der Waals surface area contributed by atoms with Gasteiger partial charge in [0.15, 0.2) is 0 Å². The van der Waals surface area contributed by atoms with E-state index < -0.39 is 5.91 Å². The monoisotopic (exact) mass is 474 g/mol. The van der Waals surface area contributed by atoms with Crippen LogP contribution >= 0.6 is 0 Å². The second-order valence-electron chi connectivity index (χ2n) is 8.24. The van der Waals surface area contributed by atoms with Crippen molar-refractivity contribution < 1.29 is 18.8 Å². The van der Waals surface area contributed by atoms with Gasteiger partial charge in [0.1, 0.15) is 28.5 Å². The molecule has 4 aromatic rings. The third kappa shape index (κ3) is 5.01. The highest BCUT2D eigenvalue weighted by Crippen LogP contribution is 2.29. The van der Waals surface area contributed by atoms with Gasteiger partial charge in [-0.2, -0.15) is 5.10 Å². The summed E-state index contributed by atoms with van der Waals surface area (Å²) in [5.41, 5.74) is 15.1. The van der Waals surface area contributed by atoms with Crippen molar-refractivity contribution in [3.8, 4) is 28.3 Å². The summed E-state index contributed by atoms with van der Waals surface area (Å²) in [4.78, 5) is 24.5. The van der Waals surface area contributed by atoms with Crippen LogP contribution < -0.4 is 21.5 Å². The first-order valence-corrected chi connectivity index (χ1v) is 10.9. The van der Waals surface area contributed by atoms with E-state index >= 15 is 0 Å². The van der Waals surface area contributed by atoms with E-state index in [4.69, 9.17) is 20.7 Å². The van der Waals surface area contributed by atoms with Gasteiger partial charge in [0.25, 0.3) is 5.91 Å². The van der Waals surface area contributed by atoms with E-state index in [2.05, 4.69) is 15.6 Å². The van der Waals surface area contributed by atoms with Crippen LogP contribution in [-0.2, 0) is 11.2 Å². The van der Waals surface area contributed by atoms with Crippen molar-refractivity contribution in [1.82, 2.24) is 14.9 Å². The Balaban J connectivity index is 1.44. The lowest BCUT2D eigenvalue weighted by atomic mass is 10.0. The fourth-order valence-electron chi connectivity index (χ4n) is 3.67. The van der Waals surface area contributed by atoms with Gasteiger partial charge in [-0.3, -0.25) is 14.9 Å². The van der Waals surface area contributed by atoms with Gasteiger partial charge in [0.05, 0.1) is 13.5 Å². The number of rotatable bonds is 8. The number of nitrogens with zero attached hydrogens (tertiary/aromatic N) is 3. The van der Waals surface area contributed by atoms with E-state index in [0.717, 1.165) is 16.9 Å². The van der Waals surface area contributed by atoms with Crippen molar-refractivity contribution in [3.63, 3.8) is 0 Å². The second-order valence-corrected chi connectivity index (χ2v) is 8.24. The van der Waals surface area contributed by atoms with Crippen LogP contribution in [0, 0.1) is 0 Å². The van der Waals surface area contributed by atoms with E-state index in [1.807, 2.05) is 38.1 Å². The zero-order valence-electron chi connectivity index (χ0n) is 19.6. The largest absolute Gasteiger partial charge is 0.497 e. The molecule has 180 valence electrons. The van der Waals surface area contributed by atoms with Crippen molar-refractivity contribution in [2.45, 2.75) is 26.3 Å². The predicted octanol–water partition coefficient (Wildman–Crippen LogP) is 3.66. The highest BCUT2D eigenvalue weighted by atomic mass is 16.5. The van der Waals surface area contributed by atoms with E-state index in [9.17, 15) is 9.59 Å². The molecule has 10 nitrogen and oxygen atoms in total. The molecule has 2 amide bonds. The Kier molecular flexibility index (Phi) is 6.54. The standard InChI is InChI=1S/C25H26N6O4/c1-14(2)31-24(26)22(25(27)33)23(29-31)17-6-4-15(5-7-17)12-20(32)28-21-13-19(30-35-21)16-8-10-18(34-3)11-9-16/h4-11,13-14H,12,26H2,1-3H3,(H2,27,33)(H,28,32). The third-order valence-electron chi connectivity index (χ3n) is 5.43. The molecule has 0 saturated heterocycles. The Hall–Kier alpha value is -4.60. The van der Waals surface area contributed by atoms with Crippen LogP contribution in [0.4, 0.5) is 11.7 Å². The average molecular weight is 475 g/mol. The fourth-order valence-corrected chi connectivity index (χ4v) is 3.67. The maximum atomic E-state index is 12.5. The fraction of sp³-hybridized carbons (Fsp3) is 0.200. The molecule has 5 N–H and O–H groups in total. The van der Waals surface area contributed by atoms with Crippen LogP contribution in [0.3, 0.4) is 0 Å². The molecule has 0 aliphatic carbocycles. The van der Waals surface area contributed by atoms with Crippen LogP contribution in [0.2, 0.25) is 0 Å². The van der Waals surface area contributed by atoms with E-state index in [-0.39, 0.29) is 35.6 Å². The molecule has 4 rings (SSSR count). The minimum Gasteiger partial charge on any atom is -0.497 e. The quantitative estimate of drug-likeness (QED) is 0.352. The number of hydrogen-bond donors (Lipinski definition) is 3. The van der Waals surface area contributed by atoms with E-state index in [1.54, 1.807) is 42.1 Å². The molecule has 2 aromatic carbocycles. The minimum absolute atomic E-state index is 0.0360. The Labute approximate surface area is 201 Å². The molecular weight excluding hydrogens is 448 g/mol. The maximum absolute atomic E-state index is 12.5. The number of nitrogens with one attached hydrogen (secondary N) is 1. The predicted molar refractivity (Wildman–Crippen MR) is 132 cm³/mol. The number of hydrogen-bond acceptors (Lipinski definition) is 7. The number of carbonyl (C=O) groups is 2. The van der Waals surface area contributed by atoms with E-state index in [0.29, 0.717) is 17.0 Å². The molecule has 2 heterocycles. The summed E-state index contributed by atoms with van der Waals surface area (Å²) >= 11 is 0. The van der Waals surface area contributed by atoms with Crippen molar-refractivity contribution >= 4 is 23.5 Å². The first-order chi connectivity index (χ1) is 16.8. The molecule has 0 atom stereocenters. The van der Waals surface area contributed by atoms with Gasteiger partial charge in [-0.15, -0.1) is 0 Å².